The molecule has 0 aromatic carbocycles. The molecule has 0 aliphatic heterocycles. The van der Waals surface area contributed by atoms with Gasteiger partial charge in [0.25, 0.3) is 0 Å². The second-order valence-electron chi connectivity index (χ2n) is 0. The van der Waals surface area contributed by atoms with E-state index in [1.54, 1.807) is 0 Å². The van der Waals surface area contributed by atoms with Crippen LogP contribution in [0, 0.1) is 0 Å². The summed E-state index contributed by atoms with van der Waals surface area (Å²) in [5.74, 6) is 0. The summed E-state index contributed by atoms with van der Waals surface area (Å²) in [5.41, 5.74) is 0. The Balaban J connectivity index is 0. The van der Waals surface area contributed by atoms with Gasteiger partial charge in [0.1, 0.15) is 0 Å². The number of hydrogen-bond acceptors (Lipinski definition) is 0. The summed E-state index contributed by atoms with van der Waals surface area (Å²) in [6.07, 6.45) is 0. The van der Waals surface area contributed by atoms with E-state index < -0.39 is 0 Å². The molecule has 1 radical (unpaired) electrons. The molecule has 0 fully saturated rings. The fourth-order valence-electron chi connectivity index (χ4n) is 0. The van der Waals surface area contributed by atoms with Gasteiger partial charge in [0.05, 0.1) is 0 Å². The minimum atomic E-state index is 0. The first kappa shape index (κ1) is 55.6. The largest absolute Gasteiger partial charge is 0.412 e. The molecule has 0 aromatic rings. The quantitative estimate of drug-likeness (QED) is 0.431. The van der Waals surface area contributed by atoms with E-state index in [-0.39, 0.29) is 53.1 Å². The first-order valence-electron chi connectivity index (χ1n) is 0. The molecule has 0 bridgehead atoms. The molecule has 0 aliphatic rings. The predicted octanol–water partition coefficient (Wildman–Crippen LogP) is -0.717. The van der Waals surface area contributed by atoms with E-state index in [4.69, 9.17) is 0 Å². The van der Waals surface area contributed by atoms with E-state index in [1.807, 2.05) is 0 Å². The van der Waals surface area contributed by atoms with E-state index >= 15 is 0 Å². The molecular weight excluding hydrogens is 167 g/mol. The van der Waals surface area contributed by atoms with Gasteiger partial charge >= 0.3 is 0 Å². The normalized spacial score (nSPS) is 0. The number of rotatable bonds is 0. The summed E-state index contributed by atoms with van der Waals surface area (Å²) in [5, 5.41) is 0. The van der Waals surface area contributed by atoms with Crippen LogP contribution in [0.5, 0.6) is 0 Å². The van der Waals surface area contributed by atoms with Crippen molar-refractivity contribution in [2.24, 2.45) is 0 Å². The van der Waals surface area contributed by atoms with Gasteiger partial charge in [-0.3, -0.25) is 0 Å². The number of hydrogen-bond donors (Lipinski definition) is 0. The summed E-state index contributed by atoms with van der Waals surface area (Å²) in [4.78, 5) is 0. The predicted molar refractivity (Wildman–Crippen MR) is 14.0 cm³/mol. The molecule has 0 heterocycles. The maximum Gasteiger partial charge on any atom is 0 e. The van der Waals surface area contributed by atoms with E-state index in [1.165, 1.54) is 0 Å². The summed E-state index contributed by atoms with van der Waals surface area (Å²) in [6, 6.07) is 0. The summed E-state index contributed by atoms with van der Waals surface area (Å²) < 4.78 is 0. The molecule has 0 aromatic heterocycles. The second kappa shape index (κ2) is 26.8. The van der Waals surface area contributed by atoms with Crippen LogP contribution in [0.3, 0.4) is 0 Å². The van der Waals surface area contributed by atoms with Gasteiger partial charge in [-0.1, -0.05) is 0 Å². The van der Waals surface area contributed by atoms with Crippen LogP contribution in [0.15, 0.2) is 0 Å². The average molecular weight is 171 g/mol. The Bertz CT molecular complexity index is 8.00. The molecule has 0 aliphatic carbocycles. The maximum absolute atomic E-state index is 0. The van der Waals surface area contributed by atoms with Gasteiger partial charge in [-0.2, -0.15) is 13.5 Å². The van der Waals surface area contributed by atoms with Crippen molar-refractivity contribution in [2.75, 3.05) is 0 Å². The average Bonchev–Trinajstić information content (AvgIpc) is 0. The van der Waals surface area contributed by atoms with E-state index in [9.17, 15) is 0 Å². The van der Waals surface area contributed by atoms with Crippen LogP contribution in [0.1, 0.15) is 0 Å². The van der Waals surface area contributed by atoms with E-state index in [0.717, 1.165) is 0 Å². The smallest absolute Gasteiger partial charge is 0 e. The first-order valence-corrected chi connectivity index (χ1v) is 0. The van der Waals surface area contributed by atoms with Gasteiger partial charge in [-0.15, -0.1) is 0 Å². The Labute approximate surface area is 53.2 Å². The molecule has 0 rings (SSSR count). The SMILES string of the molecule is O.S.[Cu].[Fe]. The minimum absolute atomic E-state index is 0. The van der Waals surface area contributed by atoms with Gasteiger partial charge < -0.3 is 5.48 Å². The van der Waals surface area contributed by atoms with Crippen molar-refractivity contribution in [2.45, 2.75) is 0 Å². The fraction of sp³-hybridized carbons (Fsp3) is 0. The van der Waals surface area contributed by atoms with Crippen LogP contribution in [-0.2, 0) is 34.1 Å². The molecule has 4 heteroatoms. The van der Waals surface area contributed by atoms with Crippen molar-refractivity contribution < 1.29 is 39.6 Å². The van der Waals surface area contributed by atoms with Crippen molar-refractivity contribution in [1.29, 1.82) is 0 Å². The molecule has 4 heavy (non-hydrogen) atoms. The molecular formula is H4CuFeOS. The van der Waals surface area contributed by atoms with Crippen molar-refractivity contribution >= 4 is 13.5 Å². The summed E-state index contributed by atoms with van der Waals surface area (Å²) in [7, 11) is 0. The van der Waals surface area contributed by atoms with Gasteiger partial charge in [0.15, 0.2) is 0 Å². The van der Waals surface area contributed by atoms with Crippen LogP contribution in [0.2, 0.25) is 0 Å². The van der Waals surface area contributed by atoms with Crippen molar-refractivity contribution in [1.82, 2.24) is 0 Å². The zero-order valence-electron chi connectivity index (χ0n) is 1.66. The zero-order valence-corrected chi connectivity index (χ0v) is 4.70. The summed E-state index contributed by atoms with van der Waals surface area (Å²) >= 11 is 0. The third kappa shape index (κ3) is 10.2. The molecule has 0 spiro atoms. The molecule has 35 valence electrons. The van der Waals surface area contributed by atoms with Crippen molar-refractivity contribution in [3.8, 4) is 0 Å². The molecule has 0 saturated carbocycles. The first-order chi connectivity index (χ1) is 0. The van der Waals surface area contributed by atoms with Crippen LogP contribution < -0.4 is 0 Å². The third-order valence-electron chi connectivity index (χ3n) is 0. The van der Waals surface area contributed by atoms with Crippen LogP contribution in [0.4, 0.5) is 0 Å². The molecule has 2 N–H and O–H groups in total. The van der Waals surface area contributed by atoms with E-state index in [0.29, 0.717) is 0 Å². The van der Waals surface area contributed by atoms with Gasteiger partial charge in [0.2, 0.25) is 0 Å². The molecule has 0 atom stereocenters. The molecule has 0 unspecified atom stereocenters. The van der Waals surface area contributed by atoms with E-state index in [2.05, 4.69) is 0 Å². The second-order valence-corrected chi connectivity index (χ2v) is 0. The topological polar surface area (TPSA) is 31.5 Å². The van der Waals surface area contributed by atoms with Gasteiger partial charge in [-0.05, 0) is 0 Å². The fourth-order valence-corrected chi connectivity index (χ4v) is 0. The van der Waals surface area contributed by atoms with Crippen molar-refractivity contribution in [3.05, 3.63) is 0 Å². The molecule has 0 saturated heterocycles. The van der Waals surface area contributed by atoms with Crippen LogP contribution in [-0.4, -0.2) is 5.48 Å². The monoisotopic (exact) mass is 171 g/mol. The summed E-state index contributed by atoms with van der Waals surface area (Å²) in [6.45, 7) is 0. The Morgan fingerprint density at radius 1 is 1.00 bits per heavy atom. The van der Waals surface area contributed by atoms with Crippen LogP contribution >= 0.6 is 13.5 Å². The van der Waals surface area contributed by atoms with Gasteiger partial charge in [-0.25, -0.2) is 0 Å². The van der Waals surface area contributed by atoms with Crippen molar-refractivity contribution in [3.63, 3.8) is 0 Å². The zero-order chi connectivity index (χ0) is 0. The standard InChI is InChI=1S/Cu.Fe.H2O.H2S/h;;2*1H2. The third-order valence-corrected chi connectivity index (χ3v) is 0. The Morgan fingerprint density at radius 3 is 1.00 bits per heavy atom. The Kier molecular flexibility index (Phi) is 373. The molecule has 0 amide bonds. The van der Waals surface area contributed by atoms with Gasteiger partial charge in [0, 0.05) is 34.1 Å². The van der Waals surface area contributed by atoms with Crippen LogP contribution in [0.25, 0.3) is 0 Å². The Hall–Kier alpha value is 1.35. The Morgan fingerprint density at radius 2 is 1.00 bits per heavy atom. The minimum Gasteiger partial charge on any atom is -0.412 e. The molecule has 1 nitrogen and oxygen atoms in total. The maximum atomic E-state index is 0.